The average molecular weight is 589 g/mol. The minimum Gasteiger partial charge on any atom is -0.258 e. The highest BCUT2D eigenvalue weighted by Gasteiger charge is 2.18. The smallest absolute Gasteiger partial charge is 0.258 e. The van der Waals surface area contributed by atoms with Gasteiger partial charge in [0, 0.05) is 24.3 Å². The van der Waals surface area contributed by atoms with Crippen LogP contribution >= 0.6 is 0 Å². The highest BCUT2D eigenvalue weighted by atomic mass is 16.6. The van der Waals surface area contributed by atoms with Crippen LogP contribution in [0.25, 0.3) is 22.1 Å². The molecule has 0 bridgehead atoms. The molecule has 0 atom stereocenters. The Bertz CT molecular complexity index is 1890. The maximum Gasteiger partial charge on any atom is 0.269 e. The maximum atomic E-state index is 11.1. The van der Waals surface area contributed by atoms with Crippen LogP contribution in [0.5, 0.6) is 0 Å². The molecule has 0 saturated heterocycles. The van der Waals surface area contributed by atoms with E-state index in [1.165, 1.54) is 11.1 Å². The Hall–Kier alpha value is -5.64. The van der Waals surface area contributed by atoms with Crippen molar-refractivity contribution in [3.63, 3.8) is 0 Å². The molecule has 0 N–H and O–H groups in total. The van der Waals surface area contributed by atoms with Gasteiger partial charge in [0.1, 0.15) is 26.2 Å². The lowest BCUT2D eigenvalue weighted by Gasteiger charge is -1.99. The molecule has 2 heterocycles. The van der Waals surface area contributed by atoms with E-state index in [1.807, 2.05) is 0 Å². The first-order valence-electron chi connectivity index (χ1n) is 14.3. The molecule has 6 aromatic rings. The third-order valence-electron chi connectivity index (χ3n) is 7.83. The molecule has 10 heteroatoms. The molecule has 220 valence electrons. The standard InChI is InChI=1S/C34H32N6O4/c1-25-5-15-31-33(19-25)37(21-27-7-11-29(12-8-27)39(41)42)23-35(31)17-3-4-18-36-24-38(34-20-26(2)6-16-32(34)36)22-28-9-13-30(14-10-28)40(43)44/h3-16,19-20,23-24H,17-18,21-22H2,1-2H3/q+2/b4-3-. The SMILES string of the molecule is Cc1ccc2c(c1)n(Cc1ccc([N+](=O)[O-])cc1)c[n+]2C/C=C\C[n+]1cn(Cc2ccc([N+](=O)[O-])cc2)c2cc(C)ccc21. The fraction of sp³-hybridized carbons (Fsp3) is 0.176. The van der Waals surface area contributed by atoms with Gasteiger partial charge in [0.15, 0.2) is 22.1 Å². The molecule has 0 spiro atoms. The van der Waals surface area contributed by atoms with Gasteiger partial charge in [-0.05, 0) is 96.8 Å². The molecule has 0 unspecified atom stereocenters. The van der Waals surface area contributed by atoms with Gasteiger partial charge < -0.3 is 0 Å². The Balaban J connectivity index is 1.21. The zero-order chi connectivity index (χ0) is 30.8. The molecule has 6 rings (SSSR count). The van der Waals surface area contributed by atoms with Crippen molar-refractivity contribution < 1.29 is 19.0 Å². The molecule has 0 radical (unpaired) electrons. The van der Waals surface area contributed by atoms with Crippen molar-refractivity contribution >= 4 is 33.4 Å². The van der Waals surface area contributed by atoms with E-state index in [9.17, 15) is 20.2 Å². The number of imidazole rings is 2. The highest BCUT2D eigenvalue weighted by Crippen LogP contribution is 2.19. The Morgan fingerprint density at radius 1 is 0.614 bits per heavy atom. The Morgan fingerprint density at radius 2 is 1.00 bits per heavy atom. The topological polar surface area (TPSA) is 104 Å². The van der Waals surface area contributed by atoms with Crippen molar-refractivity contribution in [1.29, 1.82) is 0 Å². The number of hydrogen-bond donors (Lipinski definition) is 0. The van der Waals surface area contributed by atoms with E-state index in [1.54, 1.807) is 48.5 Å². The number of fused-ring (bicyclic) bond motifs is 2. The van der Waals surface area contributed by atoms with Gasteiger partial charge >= 0.3 is 0 Å². The summed E-state index contributed by atoms with van der Waals surface area (Å²) < 4.78 is 8.78. The molecule has 44 heavy (non-hydrogen) atoms. The second-order valence-corrected chi connectivity index (χ2v) is 11.1. The second-order valence-electron chi connectivity index (χ2n) is 11.1. The normalized spacial score (nSPS) is 11.6. The Morgan fingerprint density at radius 3 is 1.36 bits per heavy atom. The Labute approximate surface area is 253 Å². The number of nitrogens with zero attached hydrogens (tertiary/aromatic N) is 6. The van der Waals surface area contributed by atoms with Crippen LogP contribution in [0.2, 0.25) is 0 Å². The van der Waals surface area contributed by atoms with Gasteiger partial charge in [-0.15, -0.1) is 0 Å². The summed E-state index contributed by atoms with van der Waals surface area (Å²) in [5, 5.41) is 22.1. The first-order valence-corrected chi connectivity index (χ1v) is 14.3. The van der Waals surface area contributed by atoms with Crippen LogP contribution in [0.4, 0.5) is 11.4 Å². The number of rotatable bonds is 10. The zero-order valence-electron chi connectivity index (χ0n) is 24.5. The van der Waals surface area contributed by atoms with Crippen molar-refractivity contribution in [3.8, 4) is 0 Å². The third-order valence-corrected chi connectivity index (χ3v) is 7.83. The van der Waals surface area contributed by atoms with Gasteiger partial charge in [-0.2, -0.15) is 0 Å². The monoisotopic (exact) mass is 588 g/mol. The number of allylic oxidation sites excluding steroid dienone is 2. The highest BCUT2D eigenvalue weighted by molar-refractivity contribution is 5.73. The van der Waals surface area contributed by atoms with Crippen molar-refractivity contribution in [2.45, 2.75) is 40.0 Å². The minimum atomic E-state index is -0.380. The van der Waals surface area contributed by atoms with Crippen molar-refractivity contribution in [3.05, 3.63) is 152 Å². The predicted octanol–water partition coefficient (Wildman–Crippen LogP) is 5.96. The number of non-ortho nitro benzene ring substituents is 2. The van der Waals surface area contributed by atoms with Crippen LogP contribution < -0.4 is 9.13 Å². The van der Waals surface area contributed by atoms with Crippen LogP contribution in [0.1, 0.15) is 22.3 Å². The average Bonchev–Trinajstić information content (AvgIpc) is 3.52. The van der Waals surface area contributed by atoms with E-state index >= 15 is 0 Å². The van der Waals surface area contributed by atoms with E-state index in [0.29, 0.717) is 26.2 Å². The van der Waals surface area contributed by atoms with Crippen LogP contribution in [-0.4, -0.2) is 19.0 Å². The molecule has 0 saturated carbocycles. The molecule has 0 aliphatic heterocycles. The summed E-state index contributed by atoms with van der Waals surface area (Å²) in [6, 6.07) is 26.2. The molecule has 0 amide bonds. The van der Waals surface area contributed by atoms with Gasteiger partial charge in [0.25, 0.3) is 11.4 Å². The molecule has 4 aromatic carbocycles. The van der Waals surface area contributed by atoms with Crippen molar-refractivity contribution in [2.75, 3.05) is 0 Å². The van der Waals surface area contributed by atoms with Gasteiger partial charge in [-0.25, -0.2) is 18.3 Å². The summed E-state index contributed by atoms with van der Waals surface area (Å²) in [5.41, 5.74) is 8.94. The summed E-state index contributed by atoms with van der Waals surface area (Å²) in [6.07, 6.45) is 8.52. The van der Waals surface area contributed by atoms with Gasteiger partial charge in [0.05, 0.1) is 9.85 Å². The van der Waals surface area contributed by atoms with Crippen LogP contribution in [0, 0.1) is 34.1 Å². The van der Waals surface area contributed by atoms with Gasteiger partial charge in [0.2, 0.25) is 12.7 Å². The fourth-order valence-corrected chi connectivity index (χ4v) is 5.56. The molecule has 2 aromatic heterocycles. The van der Waals surface area contributed by atoms with E-state index in [2.05, 4.69) is 93.3 Å². The lowest BCUT2D eigenvalue weighted by atomic mass is 10.2. The number of hydrogen-bond acceptors (Lipinski definition) is 4. The van der Waals surface area contributed by atoms with Crippen molar-refractivity contribution in [2.24, 2.45) is 0 Å². The summed E-state index contributed by atoms with van der Waals surface area (Å²) >= 11 is 0. The summed E-state index contributed by atoms with van der Waals surface area (Å²) in [5.74, 6) is 0. The zero-order valence-corrected chi connectivity index (χ0v) is 24.5. The van der Waals surface area contributed by atoms with E-state index in [-0.39, 0.29) is 21.2 Å². The van der Waals surface area contributed by atoms with Gasteiger partial charge in [-0.3, -0.25) is 20.2 Å². The molecule has 0 fully saturated rings. The molecule has 10 nitrogen and oxygen atoms in total. The fourth-order valence-electron chi connectivity index (χ4n) is 5.56. The van der Waals surface area contributed by atoms with E-state index in [4.69, 9.17) is 0 Å². The number of aromatic nitrogens is 4. The first kappa shape index (κ1) is 28.5. The predicted molar refractivity (Wildman–Crippen MR) is 167 cm³/mol. The lowest BCUT2D eigenvalue weighted by Crippen LogP contribution is -2.33. The van der Waals surface area contributed by atoms with E-state index < -0.39 is 0 Å². The molecule has 0 aliphatic rings. The number of nitro benzene ring substituents is 2. The van der Waals surface area contributed by atoms with Crippen LogP contribution in [0.3, 0.4) is 0 Å². The number of benzene rings is 4. The summed E-state index contributed by atoms with van der Waals surface area (Å²) in [6.45, 7) is 6.74. The van der Waals surface area contributed by atoms with Crippen LogP contribution in [0.15, 0.2) is 110 Å². The maximum absolute atomic E-state index is 11.1. The summed E-state index contributed by atoms with van der Waals surface area (Å²) in [7, 11) is 0. The first-order chi connectivity index (χ1) is 21.2. The minimum absolute atomic E-state index is 0.0876. The molecular formula is C34H32N6O4+2. The quantitative estimate of drug-likeness (QED) is 0.0853. The molecular weight excluding hydrogens is 556 g/mol. The molecule has 0 aliphatic carbocycles. The third kappa shape index (κ3) is 5.96. The lowest BCUT2D eigenvalue weighted by molar-refractivity contribution is -0.666. The number of nitro groups is 2. The largest absolute Gasteiger partial charge is 0.269 e. The van der Waals surface area contributed by atoms with E-state index in [0.717, 1.165) is 33.2 Å². The Kier molecular flexibility index (Phi) is 7.72. The van der Waals surface area contributed by atoms with Crippen molar-refractivity contribution in [1.82, 2.24) is 9.13 Å². The van der Waals surface area contributed by atoms with Crippen LogP contribution in [-0.2, 0) is 26.2 Å². The number of aryl methyl sites for hydroxylation is 2. The van der Waals surface area contributed by atoms with Gasteiger partial charge in [-0.1, -0.05) is 12.1 Å². The second kappa shape index (κ2) is 11.9. The summed E-state index contributed by atoms with van der Waals surface area (Å²) in [4.78, 5) is 21.3.